The Morgan fingerprint density at radius 3 is 2.48 bits per heavy atom. The van der Waals surface area contributed by atoms with Gasteiger partial charge in [-0.3, -0.25) is 9.59 Å². The van der Waals surface area contributed by atoms with E-state index in [1.807, 2.05) is 26.0 Å². The molecule has 0 saturated heterocycles. The van der Waals surface area contributed by atoms with Gasteiger partial charge in [-0.2, -0.15) is 0 Å². The molecule has 0 bridgehead atoms. The third kappa shape index (κ3) is 3.69. The van der Waals surface area contributed by atoms with Crippen molar-refractivity contribution in [3.63, 3.8) is 0 Å². The van der Waals surface area contributed by atoms with Gasteiger partial charge in [-0.1, -0.05) is 35.9 Å². The molecule has 2 aromatic carbocycles. The van der Waals surface area contributed by atoms with E-state index in [0.717, 1.165) is 11.1 Å². The lowest BCUT2D eigenvalue weighted by molar-refractivity contribution is -0.136. The van der Waals surface area contributed by atoms with E-state index in [2.05, 4.69) is 5.32 Å². The van der Waals surface area contributed by atoms with Gasteiger partial charge >= 0.3 is 5.97 Å². The quantitative estimate of drug-likeness (QED) is 0.905. The molecule has 108 valence electrons. The minimum atomic E-state index is -0.928. The SMILES string of the molecule is Cc1ccc(C(=O)Nc2ccccc2CC(=O)O)c(C)c1. The normalized spacial score (nSPS) is 10.2. The Labute approximate surface area is 123 Å². The van der Waals surface area contributed by atoms with E-state index in [4.69, 9.17) is 5.11 Å². The number of aryl methyl sites for hydroxylation is 2. The lowest BCUT2D eigenvalue weighted by Crippen LogP contribution is -2.15. The van der Waals surface area contributed by atoms with Crippen molar-refractivity contribution in [2.45, 2.75) is 20.3 Å². The van der Waals surface area contributed by atoms with E-state index in [1.54, 1.807) is 30.3 Å². The highest BCUT2D eigenvalue weighted by Gasteiger charge is 2.12. The van der Waals surface area contributed by atoms with E-state index in [1.165, 1.54) is 0 Å². The highest BCUT2D eigenvalue weighted by atomic mass is 16.4. The summed E-state index contributed by atoms with van der Waals surface area (Å²) in [7, 11) is 0. The average molecular weight is 283 g/mol. The number of amides is 1. The number of carboxylic acid groups (broad SMARTS) is 1. The Bertz CT molecular complexity index is 692. The molecule has 2 rings (SSSR count). The first-order chi connectivity index (χ1) is 9.97. The fourth-order valence-corrected chi connectivity index (χ4v) is 2.22. The number of benzene rings is 2. The summed E-state index contributed by atoms with van der Waals surface area (Å²) in [6.07, 6.45) is -0.122. The van der Waals surface area contributed by atoms with Crippen molar-refractivity contribution in [1.82, 2.24) is 0 Å². The molecule has 0 aliphatic rings. The van der Waals surface area contributed by atoms with Gasteiger partial charge in [0, 0.05) is 11.3 Å². The number of anilines is 1. The van der Waals surface area contributed by atoms with Gasteiger partial charge in [-0.15, -0.1) is 0 Å². The van der Waals surface area contributed by atoms with Crippen LogP contribution < -0.4 is 5.32 Å². The summed E-state index contributed by atoms with van der Waals surface area (Å²) in [4.78, 5) is 23.2. The van der Waals surface area contributed by atoms with Crippen LogP contribution in [0.25, 0.3) is 0 Å². The Kier molecular flexibility index (Phi) is 4.38. The zero-order valence-corrected chi connectivity index (χ0v) is 12.0. The maximum atomic E-state index is 12.3. The molecule has 0 aromatic heterocycles. The van der Waals surface area contributed by atoms with Crippen molar-refractivity contribution in [3.05, 3.63) is 64.7 Å². The van der Waals surface area contributed by atoms with Crippen LogP contribution in [0.5, 0.6) is 0 Å². The van der Waals surface area contributed by atoms with Crippen LogP contribution in [0.3, 0.4) is 0 Å². The van der Waals surface area contributed by atoms with Crippen LogP contribution in [0.15, 0.2) is 42.5 Å². The van der Waals surface area contributed by atoms with Gasteiger partial charge in [0.15, 0.2) is 0 Å². The van der Waals surface area contributed by atoms with Gasteiger partial charge in [0.25, 0.3) is 5.91 Å². The molecule has 4 nitrogen and oxygen atoms in total. The Balaban J connectivity index is 2.25. The molecule has 0 aliphatic carbocycles. The predicted molar refractivity (Wildman–Crippen MR) is 81.7 cm³/mol. The number of rotatable bonds is 4. The molecular formula is C17H17NO3. The van der Waals surface area contributed by atoms with Crippen molar-refractivity contribution in [2.24, 2.45) is 0 Å². The zero-order valence-electron chi connectivity index (χ0n) is 12.0. The van der Waals surface area contributed by atoms with Crippen molar-refractivity contribution < 1.29 is 14.7 Å². The number of nitrogens with one attached hydrogen (secondary N) is 1. The van der Waals surface area contributed by atoms with E-state index < -0.39 is 5.97 Å². The molecular weight excluding hydrogens is 266 g/mol. The fourth-order valence-electron chi connectivity index (χ4n) is 2.22. The second-order valence-corrected chi connectivity index (χ2v) is 5.00. The molecule has 0 atom stereocenters. The molecule has 0 heterocycles. The summed E-state index contributed by atoms with van der Waals surface area (Å²) < 4.78 is 0. The van der Waals surface area contributed by atoms with Crippen LogP contribution in [-0.4, -0.2) is 17.0 Å². The van der Waals surface area contributed by atoms with Gasteiger partial charge in [0.1, 0.15) is 0 Å². The third-order valence-corrected chi connectivity index (χ3v) is 3.23. The largest absolute Gasteiger partial charge is 0.481 e. The number of carbonyl (C=O) groups is 2. The zero-order chi connectivity index (χ0) is 15.4. The Morgan fingerprint density at radius 2 is 1.81 bits per heavy atom. The summed E-state index contributed by atoms with van der Waals surface area (Å²) >= 11 is 0. The molecule has 0 aliphatic heterocycles. The Hall–Kier alpha value is -2.62. The van der Waals surface area contributed by atoms with Gasteiger partial charge in [-0.25, -0.2) is 0 Å². The van der Waals surface area contributed by atoms with Crippen LogP contribution in [-0.2, 0) is 11.2 Å². The average Bonchev–Trinajstić information content (AvgIpc) is 2.40. The van der Waals surface area contributed by atoms with Gasteiger partial charge in [-0.05, 0) is 37.1 Å². The lowest BCUT2D eigenvalue weighted by Gasteiger charge is -2.11. The minimum absolute atomic E-state index is 0.122. The number of carboxylic acids is 1. The molecule has 2 aromatic rings. The lowest BCUT2D eigenvalue weighted by atomic mass is 10.0. The first kappa shape index (κ1) is 14.8. The minimum Gasteiger partial charge on any atom is -0.481 e. The molecule has 21 heavy (non-hydrogen) atoms. The van der Waals surface area contributed by atoms with Crippen molar-refractivity contribution in [3.8, 4) is 0 Å². The van der Waals surface area contributed by atoms with E-state index in [-0.39, 0.29) is 12.3 Å². The topological polar surface area (TPSA) is 66.4 Å². The summed E-state index contributed by atoms with van der Waals surface area (Å²) in [5.41, 5.74) is 3.69. The highest BCUT2D eigenvalue weighted by molar-refractivity contribution is 6.05. The highest BCUT2D eigenvalue weighted by Crippen LogP contribution is 2.18. The van der Waals surface area contributed by atoms with E-state index in [0.29, 0.717) is 16.8 Å². The monoisotopic (exact) mass is 283 g/mol. The molecule has 0 unspecified atom stereocenters. The smallest absolute Gasteiger partial charge is 0.307 e. The van der Waals surface area contributed by atoms with Crippen LogP contribution in [0.1, 0.15) is 27.0 Å². The molecule has 0 fully saturated rings. The number of carbonyl (C=O) groups excluding carboxylic acids is 1. The molecule has 0 spiro atoms. The molecule has 0 saturated carbocycles. The number of aliphatic carboxylic acids is 1. The van der Waals surface area contributed by atoms with Crippen LogP contribution in [0, 0.1) is 13.8 Å². The van der Waals surface area contributed by atoms with Crippen molar-refractivity contribution in [1.29, 1.82) is 0 Å². The first-order valence-corrected chi connectivity index (χ1v) is 6.65. The third-order valence-electron chi connectivity index (χ3n) is 3.23. The molecule has 0 radical (unpaired) electrons. The fraction of sp³-hybridized carbons (Fsp3) is 0.176. The van der Waals surface area contributed by atoms with Gasteiger partial charge < -0.3 is 10.4 Å². The number of para-hydroxylation sites is 1. The predicted octanol–water partition coefficient (Wildman–Crippen LogP) is 3.18. The van der Waals surface area contributed by atoms with Gasteiger partial charge in [0.2, 0.25) is 0 Å². The standard InChI is InChI=1S/C17H17NO3/c1-11-7-8-14(12(2)9-11)17(21)18-15-6-4-3-5-13(15)10-16(19)20/h3-9H,10H2,1-2H3,(H,18,21)(H,19,20). The summed E-state index contributed by atoms with van der Waals surface area (Å²) in [6.45, 7) is 3.85. The maximum absolute atomic E-state index is 12.3. The maximum Gasteiger partial charge on any atom is 0.307 e. The van der Waals surface area contributed by atoms with Crippen molar-refractivity contribution in [2.75, 3.05) is 5.32 Å². The van der Waals surface area contributed by atoms with E-state index in [9.17, 15) is 9.59 Å². The second-order valence-electron chi connectivity index (χ2n) is 5.00. The molecule has 4 heteroatoms. The number of hydrogen-bond acceptors (Lipinski definition) is 2. The Morgan fingerprint density at radius 1 is 1.10 bits per heavy atom. The number of hydrogen-bond donors (Lipinski definition) is 2. The summed E-state index contributed by atoms with van der Waals surface area (Å²) in [5, 5.41) is 11.7. The van der Waals surface area contributed by atoms with Crippen LogP contribution in [0.4, 0.5) is 5.69 Å². The second kappa shape index (κ2) is 6.22. The summed E-state index contributed by atoms with van der Waals surface area (Å²) in [6, 6.07) is 12.5. The van der Waals surface area contributed by atoms with Gasteiger partial charge in [0.05, 0.1) is 6.42 Å². The first-order valence-electron chi connectivity index (χ1n) is 6.65. The molecule has 1 amide bonds. The van der Waals surface area contributed by atoms with Crippen LogP contribution >= 0.6 is 0 Å². The molecule has 2 N–H and O–H groups in total. The summed E-state index contributed by atoms with van der Waals surface area (Å²) in [5.74, 6) is -1.16. The van der Waals surface area contributed by atoms with Crippen molar-refractivity contribution >= 4 is 17.6 Å². The van der Waals surface area contributed by atoms with Crippen LogP contribution in [0.2, 0.25) is 0 Å². The van der Waals surface area contributed by atoms with E-state index >= 15 is 0 Å².